The highest BCUT2D eigenvalue weighted by Crippen LogP contribution is 2.45. The minimum Gasteiger partial charge on any atom is -0.493 e. The smallest absolute Gasteiger partial charge is 0.257 e. The molecule has 0 saturated carbocycles. The first-order valence-corrected chi connectivity index (χ1v) is 13.5. The standard InChI is InChI=1S/C31H33BrN4O9/c1-15-8-16(2)10-17(9-15)45-23-11-18-20(33-31(40)22(35-29(18)38)14-25(37)36(3)44-7)13-21(23)34-30(39)19-12-24(41-4)27(42-5)28(43-6)26(19)32/h8-13,22H,14H2,1-7H3,(H,33,40)(H,34,39)(H,35,38)/t22-/m0/s1/i3D3,4D3,5D3,6D3. The summed E-state index contributed by atoms with van der Waals surface area (Å²) in [5.74, 6) is -7.07. The summed E-state index contributed by atoms with van der Waals surface area (Å²) in [7, 11) is -8.96. The predicted octanol–water partition coefficient (Wildman–Crippen LogP) is 4.60. The Morgan fingerprint density at radius 3 is 2.36 bits per heavy atom. The van der Waals surface area contributed by atoms with Gasteiger partial charge in [0, 0.05) is 11.1 Å². The van der Waals surface area contributed by atoms with Crippen molar-refractivity contribution in [2.75, 3.05) is 45.8 Å². The number of anilines is 2. The lowest BCUT2D eigenvalue weighted by Crippen LogP contribution is -2.44. The molecule has 1 heterocycles. The Kier molecular flexibility index (Phi) is 6.24. The molecule has 0 radical (unpaired) electrons. The van der Waals surface area contributed by atoms with Crippen molar-refractivity contribution in [3.63, 3.8) is 0 Å². The summed E-state index contributed by atoms with van der Waals surface area (Å²) in [6, 6.07) is 6.46. The topological polar surface area (TPSA) is 154 Å². The number of hydroxylamine groups is 2. The number of rotatable bonds is 10. The van der Waals surface area contributed by atoms with E-state index in [9.17, 15) is 19.2 Å². The van der Waals surface area contributed by atoms with Crippen molar-refractivity contribution >= 4 is 50.9 Å². The monoisotopic (exact) mass is 696 g/mol. The summed E-state index contributed by atoms with van der Waals surface area (Å²) in [6.45, 7) is 0.510. The Bertz CT molecular complexity index is 2070. The molecule has 0 bridgehead atoms. The molecular weight excluding hydrogens is 652 g/mol. The molecule has 0 unspecified atom stereocenters. The van der Waals surface area contributed by atoms with Crippen molar-refractivity contribution in [3.05, 3.63) is 63.1 Å². The number of methoxy groups -OCH3 is 3. The third-order valence-electron chi connectivity index (χ3n) is 6.40. The van der Waals surface area contributed by atoms with E-state index in [1.807, 2.05) is 6.07 Å². The molecule has 3 aromatic rings. The van der Waals surface area contributed by atoms with Crippen LogP contribution in [0.25, 0.3) is 0 Å². The van der Waals surface area contributed by atoms with Crippen LogP contribution in [-0.4, -0.2) is 69.9 Å². The number of aryl methyl sites for hydroxylation is 2. The molecular formula is C31H33BrN4O9. The molecule has 0 fully saturated rings. The van der Waals surface area contributed by atoms with E-state index in [1.54, 1.807) is 26.0 Å². The average molecular weight is 698 g/mol. The van der Waals surface area contributed by atoms with Crippen molar-refractivity contribution in [1.82, 2.24) is 10.4 Å². The molecule has 13 nitrogen and oxygen atoms in total. The molecule has 1 aliphatic rings. The quantitative estimate of drug-likeness (QED) is 0.258. The number of carbonyl (C=O) groups is 4. The zero-order valence-corrected chi connectivity index (χ0v) is 25.3. The van der Waals surface area contributed by atoms with Crippen LogP contribution in [0.1, 0.15) is 54.7 Å². The molecule has 0 saturated heterocycles. The third kappa shape index (κ3) is 7.13. The highest BCUT2D eigenvalue weighted by Gasteiger charge is 2.32. The van der Waals surface area contributed by atoms with Crippen LogP contribution in [0.15, 0.2) is 40.9 Å². The second-order valence-corrected chi connectivity index (χ2v) is 10.4. The van der Waals surface area contributed by atoms with Gasteiger partial charge in [-0.1, -0.05) is 6.07 Å². The molecule has 1 aliphatic heterocycles. The Morgan fingerprint density at radius 2 is 1.69 bits per heavy atom. The maximum Gasteiger partial charge on any atom is 0.257 e. The second kappa shape index (κ2) is 13.9. The lowest BCUT2D eigenvalue weighted by atomic mass is 10.1. The molecule has 0 spiro atoms. The molecule has 3 N–H and O–H groups in total. The van der Waals surface area contributed by atoms with Gasteiger partial charge in [0.05, 0.1) is 74.0 Å². The van der Waals surface area contributed by atoms with E-state index < -0.39 is 91.5 Å². The molecule has 1 atom stereocenters. The van der Waals surface area contributed by atoms with Crippen molar-refractivity contribution in [3.8, 4) is 28.7 Å². The van der Waals surface area contributed by atoms with Crippen LogP contribution in [0.3, 0.4) is 0 Å². The molecule has 0 aliphatic carbocycles. The second-order valence-electron chi connectivity index (χ2n) is 9.56. The summed E-state index contributed by atoms with van der Waals surface area (Å²) in [5, 5.41) is 7.37. The SMILES string of the molecule is [2H]C([2H])([2H])Oc1cc(C(=O)Nc2cc3c(cc2Oc2cc(C)cc(C)c2)C(=O)N[C@@H](CC(=O)N(OC)C([2H])([2H])[2H])C(=O)N3)c(Br)c(OC([2H])([2H])[2H])c1OC([2H])([2H])[2H]. The summed E-state index contributed by atoms with van der Waals surface area (Å²) >= 11 is 3.04. The van der Waals surface area contributed by atoms with E-state index in [0.717, 1.165) is 36.4 Å². The van der Waals surface area contributed by atoms with Crippen LogP contribution in [0.5, 0.6) is 28.7 Å². The van der Waals surface area contributed by atoms with Crippen LogP contribution in [0, 0.1) is 13.8 Å². The van der Waals surface area contributed by atoms with E-state index in [0.29, 0.717) is 0 Å². The zero-order valence-electron chi connectivity index (χ0n) is 35.7. The lowest BCUT2D eigenvalue weighted by molar-refractivity contribution is -0.169. The van der Waals surface area contributed by atoms with Gasteiger partial charge in [0.25, 0.3) is 11.8 Å². The van der Waals surface area contributed by atoms with Crippen LogP contribution in [-0.2, 0) is 14.4 Å². The minimum atomic E-state index is -3.30. The number of nitrogens with zero attached hydrogens (tertiary/aromatic N) is 1. The maximum atomic E-state index is 14.1. The van der Waals surface area contributed by atoms with Crippen molar-refractivity contribution in [2.45, 2.75) is 26.3 Å². The first-order valence-electron chi connectivity index (χ1n) is 18.7. The molecule has 4 amide bonds. The van der Waals surface area contributed by atoms with Crippen molar-refractivity contribution < 1.29 is 59.4 Å². The van der Waals surface area contributed by atoms with Gasteiger partial charge in [-0.05, 0) is 71.2 Å². The van der Waals surface area contributed by atoms with E-state index in [-0.39, 0.29) is 33.5 Å². The predicted molar refractivity (Wildman–Crippen MR) is 168 cm³/mol. The van der Waals surface area contributed by atoms with Gasteiger partial charge in [0.15, 0.2) is 17.2 Å². The summed E-state index contributed by atoms with van der Waals surface area (Å²) < 4.78 is 111. The number of hydrogen-bond acceptors (Lipinski definition) is 9. The first-order chi connectivity index (χ1) is 26.0. The van der Waals surface area contributed by atoms with E-state index >= 15 is 0 Å². The van der Waals surface area contributed by atoms with E-state index in [1.165, 1.54) is 0 Å². The molecule has 0 aromatic heterocycles. The van der Waals surface area contributed by atoms with Gasteiger partial charge in [-0.3, -0.25) is 24.0 Å². The largest absolute Gasteiger partial charge is 0.493 e. The van der Waals surface area contributed by atoms with Gasteiger partial charge >= 0.3 is 0 Å². The third-order valence-corrected chi connectivity index (χ3v) is 7.19. The highest BCUT2D eigenvalue weighted by molar-refractivity contribution is 9.10. The summed E-state index contributed by atoms with van der Waals surface area (Å²) in [4.78, 5) is 58.4. The Balaban J connectivity index is 1.86. The number of hydrogen-bond donors (Lipinski definition) is 3. The fourth-order valence-corrected chi connectivity index (χ4v) is 4.96. The summed E-state index contributed by atoms with van der Waals surface area (Å²) in [6.07, 6.45) is -0.843. The summed E-state index contributed by atoms with van der Waals surface area (Å²) in [5.41, 5.74) is 0.224. The average Bonchev–Trinajstić information content (AvgIpc) is 3.12. The van der Waals surface area contributed by atoms with Gasteiger partial charge in [-0.15, -0.1) is 0 Å². The van der Waals surface area contributed by atoms with E-state index in [4.69, 9.17) is 35.4 Å². The molecule has 4 rings (SSSR count). The molecule has 3 aromatic carbocycles. The van der Waals surface area contributed by atoms with Crippen LogP contribution < -0.4 is 34.9 Å². The Morgan fingerprint density at radius 1 is 0.978 bits per heavy atom. The number of nitrogens with one attached hydrogen (secondary N) is 3. The van der Waals surface area contributed by atoms with E-state index in [2.05, 4.69) is 36.7 Å². The Labute approximate surface area is 285 Å². The number of ether oxygens (including phenoxy) is 4. The highest BCUT2D eigenvalue weighted by atomic mass is 79.9. The molecule has 45 heavy (non-hydrogen) atoms. The van der Waals surface area contributed by atoms with Gasteiger partial charge < -0.3 is 34.9 Å². The number of halogens is 1. The number of amides is 4. The minimum absolute atomic E-state index is 0.0664. The number of fused-ring (bicyclic) bond motifs is 1. The zero-order chi connectivity index (χ0) is 43.0. The van der Waals surface area contributed by atoms with Crippen LogP contribution >= 0.6 is 15.9 Å². The fraction of sp³-hybridized carbons (Fsp3) is 0.290. The van der Waals surface area contributed by atoms with Crippen LogP contribution in [0.4, 0.5) is 11.4 Å². The molecule has 14 heteroatoms. The number of benzene rings is 3. The van der Waals surface area contributed by atoms with Crippen molar-refractivity contribution in [2.24, 2.45) is 0 Å². The first kappa shape index (κ1) is 20.3. The van der Waals surface area contributed by atoms with Gasteiger partial charge in [0.1, 0.15) is 11.8 Å². The maximum absolute atomic E-state index is 14.1. The van der Waals surface area contributed by atoms with Gasteiger partial charge in [-0.25, -0.2) is 5.06 Å². The van der Waals surface area contributed by atoms with Crippen molar-refractivity contribution in [1.29, 1.82) is 0 Å². The lowest BCUT2D eigenvalue weighted by Gasteiger charge is -2.19. The fourth-order valence-electron chi connectivity index (χ4n) is 4.41. The van der Waals surface area contributed by atoms with Gasteiger partial charge in [0.2, 0.25) is 17.6 Å². The van der Waals surface area contributed by atoms with Crippen LogP contribution in [0.2, 0.25) is 0 Å². The normalized spacial score (nSPS) is 19.0. The Hall–Kier alpha value is -4.82. The molecule has 238 valence electrons. The number of carbonyl (C=O) groups excluding carboxylic acids is 4. The van der Waals surface area contributed by atoms with Gasteiger partial charge in [-0.2, -0.15) is 0 Å².